The van der Waals surface area contributed by atoms with E-state index in [1.165, 1.54) is 0 Å². The van der Waals surface area contributed by atoms with Crippen molar-refractivity contribution in [1.82, 2.24) is 5.32 Å². The second kappa shape index (κ2) is 6.65. The van der Waals surface area contributed by atoms with Gasteiger partial charge in [0.25, 0.3) is 11.8 Å². The zero-order valence-electron chi connectivity index (χ0n) is 13.9. The van der Waals surface area contributed by atoms with Crippen LogP contribution in [0.1, 0.15) is 47.1 Å². The number of para-hydroxylation sites is 1. The predicted molar refractivity (Wildman–Crippen MR) is 92.8 cm³/mol. The lowest BCUT2D eigenvalue weighted by molar-refractivity contribution is 0.0920. The number of benzene rings is 2. The molecule has 4 heteroatoms. The molecule has 0 aliphatic heterocycles. The lowest BCUT2D eigenvalue weighted by Gasteiger charge is -2.21. The van der Waals surface area contributed by atoms with Gasteiger partial charge in [-0.15, -0.1) is 0 Å². The normalized spacial score (nSPS) is 11.0. The maximum Gasteiger partial charge on any atom is 0.255 e. The Labute approximate surface area is 136 Å². The van der Waals surface area contributed by atoms with Crippen LogP contribution in [0.5, 0.6) is 0 Å². The fourth-order valence-corrected chi connectivity index (χ4v) is 2.18. The van der Waals surface area contributed by atoms with Crippen molar-refractivity contribution in [3.8, 4) is 0 Å². The molecule has 0 atom stereocenters. The van der Waals surface area contributed by atoms with Crippen LogP contribution in [0.4, 0.5) is 5.69 Å². The van der Waals surface area contributed by atoms with Crippen LogP contribution in [0.15, 0.2) is 48.5 Å². The number of hydrogen-bond donors (Lipinski definition) is 2. The van der Waals surface area contributed by atoms with Crippen molar-refractivity contribution >= 4 is 17.5 Å². The Hall–Kier alpha value is -2.62. The molecule has 0 radical (unpaired) electrons. The minimum atomic E-state index is -0.343. The van der Waals surface area contributed by atoms with Crippen molar-refractivity contribution in [2.45, 2.75) is 33.2 Å². The van der Waals surface area contributed by atoms with E-state index in [4.69, 9.17) is 0 Å². The van der Waals surface area contributed by atoms with E-state index >= 15 is 0 Å². The molecule has 2 amide bonds. The molecule has 0 bridgehead atoms. The summed E-state index contributed by atoms with van der Waals surface area (Å²) in [5, 5.41) is 5.73. The van der Waals surface area contributed by atoms with E-state index in [0.29, 0.717) is 16.8 Å². The molecular weight excluding hydrogens is 288 g/mol. The quantitative estimate of drug-likeness (QED) is 0.906. The van der Waals surface area contributed by atoms with Gasteiger partial charge in [0, 0.05) is 11.1 Å². The Bertz CT molecular complexity index is 730. The zero-order valence-corrected chi connectivity index (χ0v) is 13.9. The standard InChI is InChI=1S/C19H22N2O2/c1-13-8-7-9-14(12-13)17(22)20-16-11-6-5-10-15(16)18(23)21-19(2,3)4/h5-12H,1-4H3,(H,20,22)(H,21,23). The summed E-state index contributed by atoms with van der Waals surface area (Å²) in [6.45, 7) is 7.68. The summed E-state index contributed by atoms with van der Waals surface area (Å²) in [4.78, 5) is 24.8. The molecule has 0 unspecified atom stereocenters. The summed E-state index contributed by atoms with van der Waals surface area (Å²) in [6, 6.07) is 14.3. The lowest BCUT2D eigenvalue weighted by atomic mass is 10.1. The average molecular weight is 310 g/mol. The summed E-state index contributed by atoms with van der Waals surface area (Å²) >= 11 is 0. The highest BCUT2D eigenvalue weighted by Gasteiger charge is 2.18. The van der Waals surface area contributed by atoms with Gasteiger partial charge in [-0.1, -0.05) is 29.8 Å². The molecule has 2 rings (SSSR count). The Balaban J connectivity index is 2.24. The first-order valence-electron chi connectivity index (χ1n) is 7.56. The molecular formula is C19H22N2O2. The number of carbonyl (C=O) groups excluding carboxylic acids is 2. The molecule has 0 aliphatic rings. The van der Waals surface area contributed by atoms with Crippen molar-refractivity contribution in [3.63, 3.8) is 0 Å². The molecule has 0 saturated heterocycles. The average Bonchev–Trinajstić information content (AvgIpc) is 2.46. The van der Waals surface area contributed by atoms with E-state index < -0.39 is 0 Å². The maximum atomic E-state index is 12.4. The van der Waals surface area contributed by atoms with Crippen LogP contribution < -0.4 is 10.6 Å². The number of aryl methyl sites for hydroxylation is 1. The van der Waals surface area contributed by atoms with Gasteiger partial charge in [0.1, 0.15) is 0 Å². The second-order valence-electron chi connectivity index (χ2n) is 6.57. The van der Waals surface area contributed by atoms with E-state index in [9.17, 15) is 9.59 Å². The first kappa shape index (κ1) is 16.7. The first-order valence-corrected chi connectivity index (χ1v) is 7.56. The summed E-state index contributed by atoms with van der Waals surface area (Å²) < 4.78 is 0. The Morgan fingerprint density at radius 1 is 0.913 bits per heavy atom. The van der Waals surface area contributed by atoms with Gasteiger partial charge in [-0.2, -0.15) is 0 Å². The van der Waals surface area contributed by atoms with Crippen LogP contribution in [0, 0.1) is 6.92 Å². The number of hydrogen-bond acceptors (Lipinski definition) is 2. The topological polar surface area (TPSA) is 58.2 Å². The predicted octanol–water partition coefficient (Wildman–Crippen LogP) is 3.78. The van der Waals surface area contributed by atoms with Gasteiger partial charge in [-0.3, -0.25) is 9.59 Å². The maximum absolute atomic E-state index is 12.4. The molecule has 0 spiro atoms. The lowest BCUT2D eigenvalue weighted by Crippen LogP contribution is -2.40. The van der Waals surface area contributed by atoms with Crippen molar-refractivity contribution in [2.24, 2.45) is 0 Å². The molecule has 4 nitrogen and oxygen atoms in total. The summed E-state index contributed by atoms with van der Waals surface area (Å²) in [7, 11) is 0. The van der Waals surface area contributed by atoms with E-state index in [0.717, 1.165) is 5.56 Å². The molecule has 23 heavy (non-hydrogen) atoms. The van der Waals surface area contributed by atoms with E-state index in [-0.39, 0.29) is 17.4 Å². The van der Waals surface area contributed by atoms with Gasteiger partial charge >= 0.3 is 0 Å². The Morgan fingerprint density at radius 3 is 2.26 bits per heavy atom. The third-order valence-electron chi connectivity index (χ3n) is 3.19. The van der Waals surface area contributed by atoms with E-state index in [1.54, 1.807) is 30.3 Å². The summed E-state index contributed by atoms with van der Waals surface area (Å²) in [5.74, 6) is -0.442. The zero-order chi connectivity index (χ0) is 17.0. The van der Waals surface area contributed by atoms with Crippen molar-refractivity contribution in [2.75, 3.05) is 5.32 Å². The highest BCUT2D eigenvalue weighted by molar-refractivity contribution is 6.09. The summed E-state index contributed by atoms with van der Waals surface area (Å²) in [5.41, 5.74) is 2.18. The molecule has 120 valence electrons. The Morgan fingerprint density at radius 2 is 1.61 bits per heavy atom. The fraction of sp³-hybridized carbons (Fsp3) is 0.263. The number of nitrogens with one attached hydrogen (secondary N) is 2. The highest BCUT2D eigenvalue weighted by atomic mass is 16.2. The van der Waals surface area contributed by atoms with Crippen molar-refractivity contribution in [3.05, 3.63) is 65.2 Å². The molecule has 2 aromatic carbocycles. The van der Waals surface area contributed by atoms with Gasteiger partial charge < -0.3 is 10.6 Å². The Kier molecular flexibility index (Phi) is 4.84. The first-order chi connectivity index (χ1) is 10.8. The van der Waals surface area contributed by atoms with Gasteiger partial charge in [0.05, 0.1) is 11.3 Å². The van der Waals surface area contributed by atoms with Gasteiger partial charge in [0.15, 0.2) is 0 Å². The minimum Gasteiger partial charge on any atom is -0.347 e. The third-order valence-corrected chi connectivity index (χ3v) is 3.19. The van der Waals surface area contributed by atoms with Crippen molar-refractivity contribution in [1.29, 1.82) is 0 Å². The number of rotatable bonds is 3. The van der Waals surface area contributed by atoms with Crippen LogP contribution in [0.3, 0.4) is 0 Å². The SMILES string of the molecule is Cc1cccc(C(=O)Nc2ccccc2C(=O)NC(C)(C)C)c1. The molecule has 0 fully saturated rings. The fourth-order valence-electron chi connectivity index (χ4n) is 2.18. The van der Waals surface area contributed by atoms with Crippen LogP contribution in [0.25, 0.3) is 0 Å². The highest BCUT2D eigenvalue weighted by Crippen LogP contribution is 2.17. The number of anilines is 1. The monoisotopic (exact) mass is 310 g/mol. The van der Waals surface area contributed by atoms with Crippen LogP contribution in [0.2, 0.25) is 0 Å². The smallest absolute Gasteiger partial charge is 0.255 e. The molecule has 2 N–H and O–H groups in total. The van der Waals surface area contributed by atoms with Crippen LogP contribution in [-0.2, 0) is 0 Å². The van der Waals surface area contributed by atoms with Crippen LogP contribution >= 0.6 is 0 Å². The summed E-state index contributed by atoms with van der Waals surface area (Å²) in [6.07, 6.45) is 0. The van der Waals surface area contributed by atoms with Crippen LogP contribution in [-0.4, -0.2) is 17.4 Å². The molecule has 0 saturated carbocycles. The number of amides is 2. The molecule has 0 heterocycles. The van der Waals surface area contributed by atoms with Gasteiger partial charge in [0.2, 0.25) is 0 Å². The van der Waals surface area contributed by atoms with Gasteiger partial charge in [-0.25, -0.2) is 0 Å². The van der Waals surface area contributed by atoms with Crippen molar-refractivity contribution < 1.29 is 9.59 Å². The minimum absolute atomic E-state index is 0.211. The molecule has 0 aromatic heterocycles. The van der Waals surface area contributed by atoms with E-state index in [1.807, 2.05) is 45.9 Å². The van der Waals surface area contributed by atoms with E-state index in [2.05, 4.69) is 10.6 Å². The number of carbonyl (C=O) groups is 2. The largest absolute Gasteiger partial charge is 0.347 e. The third kappa shape index (κ3) is 4.68. The molecule has 2 aromatic rings. The van der Waals surface area contributed by atoms with Gasteiger partial charge in [-0.05, 0) is 52.0 Å². The molecule has 0 aliphatic carbocycles. The second-order valence-corrected chi connectivity index (χ2v) is 6.57.